The standard InChI is InChI=1S/C25H29NO7.C2H4O2/c1-15-14-16(31-3)10-11-17(15)22(27)20-21(18-8-6-9-19(32-4)24(18)33-5)26(12-7-13-30-2)25(29)23(20)28;1-2(3)4/h6,8-11,14,21,27H,7,12-13H2,1-5H3;1H3,(H,3,4)/b22-20-;. The van der Waals surface area contributed by atoms with E-state index < -0.39 is 23.7 Å². The number of aliphatic hydroxyl groups is 1. The van der Waals surface area contributed by atoms with Crippen LogP contribution in [-0.4, -0.2) is 74.4 Å². The minimum Gasteiger partial charge on any atom is -0.507 e. The van der Waals surface area contributed by atoms with Crippen molar-refractivity contribution in [1.82, 2.24) is 4.90 Å². The van der Waals surface area contributed by atoms with Gasteiger partial charge in [-0.3, -0.25) is 14.4 Å². The first-order valence-corrected chi connectivity index (χ1v) is 11.5. The van der Waals surface area contributed by atoms with Crippen molar-refractivity contribution in [1.29, 1.82) is 0 Å². The average Bonchev–Trinajstić information content (AvgIpc) is 3.12. The molecule has 1 unspecified atom stereocenters. The number of benzene rings is 2. The van der Waals surface area contributed by atoms with Gasteiger partial charge in [0.25, 0.3) is 17.7 Å². The molecule has 2 N–H and O–H groups in total. The van der Waals surface area contributed by atoms with E-state index in [2.05, 4.69) is 0 Å². The summed E-state index contributed by atoms with van der Waals surface area (Å²) < 4.78 is 21.4. The lowest BCUT2D eigenvalue weighted by Crippen LogP contribution is -2.31. The molecule has 0 saturated carbocycles. The molecule has 10 nitrogen and oxygen atoms in total. The molecular weight excluding hydrogens is 482 g/mol. The molecule has 1 heterocycles. The van der Waals surface area contributed by atoms with E-state index >= 15 is 0 Å². The van der Waals surface area contributed by atoms with E-state index in [1.54, 1.807) is 57.5 Å². The lowest BCUT2D eigenvalue weighted by molar-refractivity contribution is -0.140. The largest absolute Gasteiger partial charge is 0.507 e. The molecule has 0 bridgehead atoms. The van der Waals surface area contributed by atoms with Crippen LogP contribution < -0.4 is 14.2 Å². The summed E-state index contributed by atoms with van der Waals surface area (Å²) in [6, 6.07) is 9.51. The Morgan fingerprint density at radius 2 is 1.68 bits per heavy atom. The molecule has 0 aliphatic carbocycles. The zero-order valence-corrected chi connectivity index (χ0v) is 21.9. The maximum Gasteiger partial charge on any atom is 0.300 e. The van der Waals surface area contributed by atoms with Gasteiger partial charge in [0, 0.05) is 38.3 Å². The predicted octanol–water partition coefficient (Wildman–Crippen LogP) is 3.57. The Hall–Kier alpha value is -4.05. The van der Waals surface area contributed by atoms with Gasteiger partial charge in [0.05, 0.1) is 32.9 Å². The first-order valence-electron chi connectivity index (χ1n) is 11.5. The maximum atomic E-state index is 13.2. The topological polar surface area (TPSA) is 132 Å². The van der Waals surface area contributed by atoms with E-state index in [0.717, 1.165) is 6.92 Å². The van der Waals surface area contributed by atoms with Crippen molar-refractivity contribution in [3.8, 4) is 17.2 Å². The van der Waals surface area contributed by atoms with Crippen molar-refractivity contribution in [2.24, 2.45) is 0 Å². The second-order valence-electron chi connectivity index (χ2n) is 8.12. The number of methoxy groups -OCH3 is 4. The molecule has 10 heteroatoms. The Kier molecular flexibility index (Phi) is 10.5. The number of aryl methyl sites for hydroxylation is 1. The molecule has 0 spiro atoms. The van der Waals surface area contributed by atoms with Crippen LogP contribution in [0, 0.1) is 6.92 Å². The highest BCUT2D eigenvalue weighted by atomic mass is 16.5. The van der Waals surface area contributed by atoms with E-state index in [1.807, 2.05) is 0 Å². The number of rotatable bonds is 9. The monoisotopic (exact) mass is 515 g/mol. The van der Waals surface area contributed by atoms with Gasteiger partial charge in [0.2, 0.25) is 0 Å². The van der Waals surface area contributed by atoms with Gasteiger partial charge in [-0.05, 0) is 43.2 Å². The van der Waals surface area contributed by atoms with Crippen LogP contribution in [0.5, 0.6) is 17.2 Å². The van der Waals surface area contributed by atoms with Gasteiger partial charge in [-0.1, -0.05) is 12.1 Å². The zero-order valence-electron chi connectivity index (χ0n) is 21.9. The lowest BCUT2D eigenvalue weighted by Gasteiger charge is -2.27. The number of carbonyl (C=O) groups is 3. The summed E-state index contributed by atoms with van der Waals surface area (Å²) >= 11 is 0. The van der Waals surface area contributed by atoms with E-state index in [1.165, 1.54) is 19.1 Å². The van der Waals surface area contributed by atoms with Gasteiger partial charge in [0.15, 0.2) is 11.5 Å². The van der Waals surface area contributed by atoms with Crippen LogP contribution in [0.2, 0.25) is 0 Å². The average molecular weight is 516 g/mol. The number of hydrogen-bond donors (Lipinski definition) is 2. The summed E-state index contributed by atoms with van der Waals surface area (Å²) in [7, 11) is 6.13. The van der Waals surface area contributed by atoms with Crippen LogP contribution in [-0.2, 0) is 19.1 Å². The van der Waals surface area contributed by atoms with Crippen molar-refractivity contribution in [2.75, 3.05) is 41.6 Å². The predicted molar refractivity (Wildman–Crippen MR) is 136 cm³/mol. The highest BCUT2D eigenvalue weighted by molar-refractivity contribution is 6.46. The number of aliphatic carboxylic acids is 1. The van der Waals surface area contributed by atoms with Crippen molar-refractivity contribution in [3.05, 3.63) is 58.7 Å². The molecule has 0 radical (unpaired) electrons. The van der Waals surface area contributed by atoms with Crippen molar-refractivity contribution < 1.29 is 43.5 Å². The van der Waals surface area contributed by atoms with E-state index in [4.69, 9.17) is 28.8 Å². The quantitative estimate of drug-likeness (QED) is 0.223. The normalized spacial score (nSPS) is 16.2. The van der Waals surface area contributed by atoms with Gasteiger partial charge < -0.3 is 34.1 Å². The summed E-state index contributed by atoms with van der Waals surface area (Å²) in [4.78, 5) is 36.7. The number of amides is 1. The van der Waals surface area contributed by atoms with Crippen LogP contribution in [0.3, 0.4) is 0 Å². The fourth-order valence-electron chi connectivity index (χ4n) is 4.11. The number of carboxylic acid groups (broad SMARTS) is 1. The van der Waals surface area contributed by atoms with Gasteiger partial charge in [-0.25, -0.2) is 0 Å². The van der Waals surface area contributed by atoms with Crippen molar-refractivity contribution in [2.45, 2.75) is 26.3 Å². The molecule has 1 aliphatic heterocycles. The number of ketones is 1. The minimum absolute atomic E-state index is 0.00256. The van der Waals surface area contributed by atoms with Gasteiger partial charge >= 0.3 is 0 Å². The number of Topliss-reactive ketones (excluding diaryl/α,β-unsaturated/α-hetero) is 1. The number of carbonyl (C=O) groups excluding carboxylic acids is 2. The smallest absolute Gasteiger partial charge is 0.300 e. The first kappa shape index (κ1) is 29.2. The summed E-state index contributed by atoms with van der Waals surface area (Å²) in [5.41, 5.74) is 1.68. The highest BCUT2D eigenvalue weighted by Crippen LogP contribution is 2.45. The Labute approximate surface area is 216 Å². The molecule has 1 atom stereocenters. The maximum absolute atomic E-state index is 13.2. The van der Waals surface area contributed by atoms with Crippen LogP contribution in [0.25, 0.3) is 5.76 Å². The Bertz CT molecular complexity index is 1170. The van der Waals surface area contributed by atoms with Crippen molar-refractivity contribution in [3.63, 3.8) is 0 Å². The molecule has 1 saturated heterocycles. The third-order valence-electron chi connectivity index (χ3n) is 5.70. The molecule has 3 rings (SSSR count). The fraction of sp³-hybridized carbons (Fsp3) is 0.370. The molecule has 2 aromatic carbocycles. The van der Waals surface area contributed by atoms with Crippen LogP contribution >= 0.6 is 0 Å². The zero-order chi connectivity index (χ0) is 27.7. The molecule has 1 aliphatic rings. The highest BCUT2D eigenvalue weighted by Gasteiger charge is 2.47. The number of aliphatic hydroxyl groups excluding tert-OH is 1. The molecule has 1 amide bonds. The summed E-state index contributed by atoms with van der Waals surface area (Å²) in [5, 5.41) is 18.7. The van der Waals surface area contributed by atoms with Crippen LogP contribution in [0.1, 0.15) is 36.1 Å². The summed E-state index contributed by atoms with van der Waals surface area (Å²) in [5.74, 6) is -1.06. The van der Waals surface area contributed by atoms with E-state index in [0.29, 0.717) is 47.0 Å². The number of ether oxygens (including phenoxy) is 4. The third kappa shape index (κ3) is 6.59. The number of hydrogen-bond acceptors (Lipinski definition) is 8. The Morgan fingerprint density at radius 1 is 1.00 bits per heavy atom. The second-order valence-corrected chi connectivity index (χ2v) is 8.12. The van der Waals surface area contributed by atoms with Crippen LogP contribution in [0.15, 0.2) is 42.0 Å². The van der Waals surface area contributed by atoms with Crippen LogP contribution in [0.4, 0.5) is 0 Å². The Balaban J connectivity index is 0.00000112. The Morgan fingerprint density at radius 3 is 2.22 bits per heavy atom. The SMILES string of the molecule is CC(=O)O.COCCCN1C(=O)C(=O)/C(=C(\O)c2ccc(OC)cc2C)C1c1cccc(OC)c1OC. The number of nitrogens with zero attached hydrogens (tertiary/aromatic N) is 1. The van der Waals surface area contributed by atoms with E-state index in [-0.39, 0.29) is 17.9 Å². The molecule has 200 valence electrons. The first-order chi connectivity index (χ1) is 17.6. The van der Waals surface area contributed by atoms with Gasteiger partial charge in [0.1, 0.15) is 11.5 Å². The minimum atomic E-state index is -0.853. The van der Waals surface area contributed by atoms with Gasteiger partial charge in [-0.15, -0.1) is 0 Å². The lowest BCUT2D eigenvalue weighted by atomic mass is 9.93. The van der Waals surface area contributed by atoms with E-state index in [9.17, 15) is 14.7 Å². The molecule has 0 aromatic heterocycles. The number of carboxylic acids is 1. The van der Waals surface area contributed by atoms with Crippen molar-refractivity contribution >= 4 is 23.4 Å². The summed E-state index contributed by atoms with van der Waals surface area (Å²) in [6.07, 6.45) is 0.522. The third-order valence-corrected chi connectivity index (χ3v) is 5.70. The summed E-state index contributed by atoms with van der Waals surface area (Å²) in [6.45, 7) is 3.57. The molecule has 37 heavy (non-hydrogen) atoms. The number of likely N-dealkylation sites (tertiary alicyclic amines) is 1. The molecule has 1 fully saturated rings. The molecule has 2 aromatic rings. The molecular formula is C27H33NO9. The number of para-hydroxylation sites is 1. The second kappa shape index (κ2) is 13.3. The van der Waals surface area contributed by atoms with Gasteiger partial charge in [-0.2, -0.15) is 0 Å². The fourth-order valence-corrected chi connectivity index (χ4v) is 4.11.